The van der Waals surface area contributed by atoms with Crippen molar-refractivity contribution in [3.05, 3.63) is 72.6 Å². The number of halogens is 1. The zero-order chi connectivity index (χ0) is 23.1. The quantitative estimate of drug-likeness (QED) is 0.425. The van der Waals surface area contributed by atoms with E-state index in [1.807, 2.05) is 35.7 Å². The number of nitrogens with zero attached hydrogens (tertiary/aromatic N) is 7. The molecule has 34 heavy (non-hydrogen) atoms. The Morgan fingerprint density at radius 1 is 1.12 bits per heavy atom. The third kappa shape index (κ3) is 3.66. The Balaban J connectivity index is 1.34. The maximum Gasteiger partial charge on any atom is 0.228 e. The van der Waals surface area contributed by atoms with Crippen LogP contribution in [0.3, 0.4) is 0 Å². The highest BCUT2D eigenvalue weighted by Crippen LogP contribution is 2.33. The van der Waals surface area contributed by atoms with Gasteiger partial charge in [-0.2, -0.15) is 5.10 Å². The van der Waals surface area contributed by atoms with Gasteiger partial charge in [-0.05, 0) is 24.3 Å². The maximum atomic E-state index is 13.6. The Labute approximate surface area is 193 Å². The lowest BCUT2D eigenvalue weighted by Crippen LogP contribution is -2.12. The van der Waals surface area contributed by atoms with Crippen LogP contribution in [0, 0.1) is 5.82 Å². The number of hydrogen-bond donors (Lipinski definition) is 1. The van der Waals surface area contributed by atoms with Gasteiger partial charge in [-0.1, -0.05) is 6.07 Å². The monoisotopic (exact) mass is 458 g/mol. The SMILES string of the molecule is Cn1nccc1Nc1nccc(-c2cc3n4c(nnc4c2)C(Oc2cccc(F)c2)CCO3)n1. The summed E-state index contributed by atoms with van der Waals surface area (Å²) in [5.41, 5.74) is 2.10. The minimum absolute atomic E-state index is 0.360. The average molecular weight is 458 g/mol. The van der Waals surface area contributed by atoms with Crippen LogP contribution in [0.25, 0.3) is 16.9 Å². The van der Waals surface area contributed by atoms with Crippen molar-refractivity contribution in [2.75, 3.05) is 11.9 Å². The van der Waals surface area contributed by atoms with E-state index in [1.54, 1.807) is 29.2 Å². The van der Waals surface area contributed by atoms with Crippen molar-refractivity contribution in [3.63, 3.8) is 0 Å². The Kier molecular flexibility index (Phi) is 4.79. The number of ether oxygens (including phenoxy) is 2. The van der Waals surface area contributed by atoms with Crippen LogP contribution in [0.15, 0.2) is 60.9 Å². The highest BCUT2D eigenvalue weighted by molar-refractivity contribution is 5.67. The fourth-order valence-corrected chi connectivity index (χ4v) is 3.88. The van der Waals surface area contributed by atoms with E-state index in [1.165, 1.54) is 12.1 Å². The topological polar surface area (TPSA) is 104 Å². The van der Waals surface area contributed by atoms with Crippen molar-refractivity contribution in [1.82, 2.24) is 34.3 Å². The van der Waals surface area contributed by atoms with Gasteiger partial charge in [0.25, 0.3) is 0 Å². The molecule has 1 aliphatic rings. The highest BCUT2D eigenvalue weighted by Gasteiger charge is 2.26. The number of rotatable bonds is 5. The van der Waals surface area contributed by atoms with E-state index in [-0.39, 0.29) is 5.82 Å². The van der Waals surface area contributed by atoms with E-state index in [4.69, 9.17) is 9.47 Å². The smallest absolute Gasteiger partial charge is 0.228 e. The summed E-state index contributed by atoms with van der Waals surface area (Å²) in [5.74, 6) is 2.46. The number of nitrogens with one attached hydrogen (secondary N) is 1. The predicted octanol–water partition coefficient (Wildman–Crippen LogP) is 3.71. The minimum atomic E-state index is -0.433. The molecule has 1 aliphatic heterocycles. The van der Waals surface area contributed by atoms with Gasteiger partial charge in [-0.15, -0.1) is 10.2 Å². The molecule has 1 N–H and O–H groups in total. The fourth-order valence-electron chi connectivity index (χ4n) is 3.88. The van der Waals surface area contributed by atoms with Crippen LogP contribution < -0.4 is 14.8 Å². The molecule has 0 saturated heterocycles. The van der Waals surface area contributed by atoms with E-state index >= 15 is 0 Å². The lowest BCUT2D eigenvalue weighted by atomic mass is 10.2. The fraction of sp³-hybridized carbons (Fsp3) is 0.174. The van der Waals surface area contributed by atoms with Crippen LogP contribution in [-0.2, 0) is 7.05 Å². The normalized spacial score (nSPS) is 15.1. The summed E-state index contributed by atoms with van der Waals surface area (Å²) in [6.07, 6.45) is 3.48. The summed E-state index contributed by atoms with van der Waals surface area (Å²) in [6, 6.07) is 13.5. The first kappa shape index (κ1) is 20.1. The van der Waals surface area contributed by atoms with E-state index in [9.17, 15) is 4.39 Å². The first-order valence-corrected chi connectivity index (χ1v) is 10.7. The van der Waals surface area contributed by atoms with Crippen molar-refractivity contribution in [2.45, 2.75) is 12.5 Å². The van der Waals surface area contributed by atoms with E-state index in [0.29, 0.717) is 47.8 Å². The van der Waals surface area contributed by atoms with Crippen molar-refractivity contribution in [2.24, 2.45) is 7.05 Å². The van der Waals surface area contributed by atoms with E-state index < -0.39 is 6.10 Å². The van der Waals surface area contributed by atoms with Gasteiger partial charge in [0.2, 0.25) is 11.8 Å². The lowest BCUT2D eigenvalue weighted by molar-refractivity contribution is 0.165. The Morgan fingerprint density at radius 2 is 2.06 bits per heavy atom. The molecule has 0 amide bonds. The summed E-state index contributed by atoms with van der Waals surface area (Å²) in [6.45, 7) is 0.402. The summed E-state index contributed by atoms with van der Waals surface area (Å²) < 4.78 is 29.2. The van der Waals surface area contributed by atoms with Gasteiger partial charge in [-0.3, -0.25) is 4.68 Å². The summed E-state index contributed by atoms with van der Waals surface area (Å²) in [4.78, 5) is 8.93. The van der Waals surface area contributed by atoms with E-state index in [2.05, 4.69) is 30.6 Å². The van der Waals surface area contributed by atoms with Crippen LogP contribution in [0.4, 0.5) is 16.2 Å². The number of hydrogen-bond acceptors (Lipinski definition) is 8. The number of pyridine rings is 1. The van der Waals surface area contributed by atoms with Gasteiger partial charge in [-0.25, -0.2) is 18.8 Å². The molecular weight excluding hydrogens is 439 g/mol. The molecule has 0 saturated carbocycles. The molecule has 5 aromatic rings. The van der Waals surface area contributed by atoms with Crippen LogP contribution in [0.5, 0.6) is 11.6 Å². The second-order valence-electron chi connectivity index (χ2n) is 7.77. The lowest BCUT2D eigenvalue weighted by Gasteiger charge is -2.15. The van der Waals surface area contributed by atoms with Gasteiger partial charge >= 0.3 is 0 Å². The Hall–Kier alpha value is -4.54. The van der Waals surface area contributed by atoms with Crippen molar-refractivity contribution in [1.29, 1.82) is 0 Å². The molecule has 0 spiro atoms. The molecule has 5 heterocycles. The molecule has 0 radical (unpaired) electrons. The zero-order valence-corrected chi connectivity index (χ0v) is 18.1. The first-order valence-electron chi connectivity index (χ1n) is 10.7. The molecule has 0 bridgehead atoms. The van der Waals surface area contributed by atoms with Gasteiger partial charge in [0.05, 0.1) is 18.5 Å². The maximum absolute atomic E-state index is 13.6. The molecule has 1 atom stereocenters. The standard InChI is InChI=1S/C23H19FN8O2/c1-31-19(6-9-26-31)28-23-25-8-5-17(27-23)14-11-20-29-30-22-18(7-10-33-21(12-14)32(20)22)34-16-4-2-3-15(24)13-16/h2-6,8-9,11-13,18H,7,10H2,1H3,(H,25,27,28). The number of anilines is 2. The second kappa shape index (κ2) is 8.10. The van der Waals surface area contributed by atoms with E-state index in [0.717, 1.165) is 11.4 Å². The molecule has 1 unspecified atom stereocenters. The van der Waals surface area contributed by atoms with Gasteiger partial charge < -0.3 is 14.8 Å². The van der Waals surface area contributed by atoms with Crippen LogP contribution in [0.1, 0.15) is 18.3 Å². The molecule has 1 aromatic carbocycles. The average Bonchev–Trinajstić information content (AvgIpc) is 3.40. The van der Waals surface area contributed by atoms with Gasteiger partial charge in [0.15, 0.2) is 17.6 Å². The third-order valence-corrected chi connectivity index (χ3v) is 5.50. The Bertz CT molecular complexity index is 1500. The second-order valence-corrected chi connectivity index (χ2v) is 7.77. The number of benzene rings is 1. The van der Waals surface area contributed by atoms with Crippen molar-refractivity contribution < 1.29 is 13.9 Å². The molecule has 170 valence electrons. The molecule has 0 fully saturated rings. The van der Waals surface area contributed by atoms with Crippen LogP contribution in [0.2, 0.25) is 0 Å². The molecule has 4 aromatic heterocycles. The Morgan fingerprint density at radius 3 is 2.91 bits per heavy atom. The largest absolute Gasteiger partial charge is 0.482 e. The molecule has 11 heteroatoms. The zero-order valence-electron chi connectivity index (χ0n) is 18.1. The van der Waals surface area contributed by atoms with Crippen LogP contribution >= 0.6 is 0 Å². The number of aryl methyl sites for hydroxylation is 1. The summed E-state index contributed by atoms with van der Waals surface area (Å²) in [7, 11) is 1.83. The van der Waals surface area contributed by atoms with Crippen LogP contribution in [-0.4, -0.2) is 41.0 Å². The van der Waals surface area contributed by atoms with Crippen molar-refractivity contribution in [3.8, 4) is 22.9 Å². The summed E-state index contributed by atoms with van der Waals surface area (Å²) in [5, 5.41) is 16.0. The summed E-state index contributed by atoms with van der Waals surface area (Å²) >= 11 is 0. The third-order valence-electron chi connectivity index (χ3n) is 5.50. The minimum Gasteiger partial charge on any atom is -0.482 e. The van der Waals surface area contributed by atoms with Gasteiger partial charge in [0, 0.05) is 43.4 Å². The number of aromatic nitrogens is 7. The predicted molar refractivity (Wildman–Crippen MR) is 120 cm³/mol. The van der Waals surface area contributed by atoms with Crippen molar-refractivity contribution >= 4 is 17.4 Å². The molecule has 0 aliphatic carbocycles. The molecule has 10 nitrogen and oxygen atoms in total. The molecular formula is C23H19FN8O2. The first-order chi connectivity index (χ1) is 16.6. The van der Waals surface area contributed by atoms with Gasteiger partial charge in [0.1, 0.15) is 17.4 Å². The highest BCUT2D eigenvalue weighted by atomic mass is 19.1. The molecule has 6 rings (SSSR count).